The lowest BCUT2D eigenvalue weighted by Gasteiger charge is -2.13. The highest BCUT2D eigenvalue weighted by molar-refractivity contribution is 7.89. The third-order valence-electron chi connectivity index (χ3n) is 2.89. The van der Waals surface area contributed by atoms with Crippen molar-refractivity contribution >= 4 is 10.8 Å². The molecule has 2 atom stereocenters. The Balaban J connectivity index is 2.20. The Labute approximate surface area is 115 Å². The maximum atomic E-state index is 12.3. The zero-order valence-electron chi connectivity index (χ0n) is 10.7. The van der Waals surface area contributed by atoms with Gasteiger partial charge in [-0.25, -0.2) is 4.21 Å². The van der Waals surface area contributed by atoms with Crippen LogP contribution in [0.2, 0.25) is 0 Å². The quantitative estimate of drug-likeness (QED) is 0.926. The average Bonchev–Trinajstić information content (AvgIpc) is 2.46. The van der Waals surface area contributed by atoms with Crippen molar-refractivity contribution in [3.05, 3.63) is 77.2 Å². The van der Waals surface area contributed by atoms with Crippen molar-refractivity contribution in [2.45, 2.75) is 17.9 Å². The Bertz CT molecular complexity index is 588. The highest BCUT2D eigenvalue weighted by Gasteiger charge is 2.18. The molecule has 0 aliphatic rings. The molecule has 2 aromatic carbocycles. The van der Waals surface area contributed by atoms with Crippen LogP contribution in [0.4, 0.5) is 0 Å². The van der Waals surface area contributed by atoms with Crippen molar-refractivity contribution in [2.75, 3.05) is 0 Å². The Morgan fingerprint density at radius 3 is 2.26 bits per heavy atom. The fraction of sp³-hybridized carbons (Fsp3) is 0.125. The first-order chi connectivity index (χ1) is 9.09. The van der Waals surface area contributed by atoms with Crippen molar-refractivity contribution in [1.82, 2.24) is 0 Å². The molecule has 0 amide bonds. The summed E-state index contributed by atoms with van der Waals surface area (Å²) in [6, 6.07) is 16.5. The van der Waals surface area contributed by atoms with Crippen molar-refractivity contribution in [1.29, 1.82) is 0 Å². The fourth-order valence-corrected chi connectivity index (χ4v) is 2.76. The van der Waals surface area contributed by atoms with Gasteiger partial charge in [-0.2, -0.15) is 0 Å². The molecule has 0 aromatic heterocycles. The van der Waals surface area contributed by atoms with E-state index in [1.807, 2.05) is 37.3 Å². The minimum atomic E-state index is -1.41. The summed E-state index contributed by atoms with van der Waals surface area (Å²) in [4.78, 5) is 0.959. The predicted molar refractivity (Wildman–Crippen MR) is 78.1 cm³/mol. The second-order valence-corrected chi connectivity index (χ2v) is 5.89. The van der Waals surface area contributed by atoms with E-state index in [4.69, 9.17) is 0 Å². The molecule has 0 radical (unpaired) electrons. The summed E-state index contributed by atoms with van der Waals surface area (Å²) in [5.41, 5.74) is 1.81. The van der Waals surface area contributed by atoms with Crippen LogP contribution in [-0.4, -0.2) is 9.32 Å². The summed E-state index contributed by atoms with van der Waals surface area (Å²) in [7, 11) is -1.41. The van der Waals surface area contributed by atoms with E-state index in [0.717, 1.165) is 5.56 Å². The van der Waals surface area contributed by atoms with E-state index in [2.05, 4.69) is 6.58 Å². The zero-order chi connectivity index (χ0) is 13.8. The third-order valence-corrected chi connectivity index (χ3v) is 4.29. The monoisotopic (exact) mass is 272 g/mol. The number of aliphatic hydroxyl groups excluding tert-OH is 1. The minimum absolute atomic E-state index is 0.301. The van der Waals surface area contributed by atoms with Gasteiger partial charge in [-0.05, 0) is 24.6 Å². The third kappa shape index (κ3) is 3.19. The van der Waals surface area contributed by atoms with E-state index in [-0.39, 0.29) is 0 Å². The Kier molecular flexibility index (Phi) is 4.30. The lowest BCUT2D eigenvalue weighted by molar-refractivity contribution is 0.224. The van der Waals surface area contributed by atoms with Crippen molar-refractivity contribution in [3.8, 4) is 0 Å². The van der Waals surface area contributed by atoms with E-state index in [1.54, 1.807) is 24.3 Å². The summed E-state index contributed by atoms with van der Waals surface area (Å²) in [5, 5.41) is 10.2. The lowest BCUT2D eigenvalue weighted by atomic mass is 10.1. The first-order valence-corrected chi connectivity index (χ1v) is 7.15. The van der Waals surface area contributed by atoms with Crippen LogP contribution in [0.3, 0.4) is 0 Å². The second kappa shape index (κ2) is 5.95. The lowest BCUT2D eigenvalue weighted by Crippen LogP contribution is -2.06. The molecule has 0 aliphatic heterocycles. The SMILES string of the molecule is C=C([C@@H](O)c1ccccc1)[S@@](=O)c1ccc(C)cc1. The van der Waals surface area contributed by atoms with Crippen LogP contribution in [0, 0.1) is 6.92 Å². The summed E-state index contributed by atoms with van der Waals surface area (Å²) < 4.78 is 12.3. The molecule has 19 heavy (non-hydrogen) atoms. The summed E-state index contributed by atoms with van der Waals surface area (Å²) in [5.74, 6) is 0. The van der Waals surface area contributed by atoms with E-state index >= 15 is 0 Å². The van der Waals surface area contributed by atoms with Gasteiger partial charge in [0.25, 0.3) is 0 Å². The first kappa shape index (κ1) is 13.7. The first-order valence-electron chi connectivity index (χ1n) is 6.00. The van der Waals surface area contributed by atoms with Crippen molar-refractivity contribution < 1.29 is 9.32 Å². The highest BCUT2D eigenvalue weighted by atomic mass is 32.2. The molecule has 0 heterocycles. The van der Waals surface area contributed by atoms with Crippen molar-refractivity contribution in [3.63, 3.8) is 0 Å². The van der Waals surface area contributed by atoms with Crippen LogP contribution < -0.4 is 0 Å². The van der Waals surface area contributed by atoms with Gasteiger partial charge >= 0.3 is 0 Å². The minimum Gasteiger partial charge on any atom is -0.383 e. The molecule has 0 bridgehead atoms. The van der Waals surface area contributed by atoms with Gasteiger partial charge in [0.05, 0.1) is 10.8 Å². The standard InChI is InChI=1S/C16H16O2S/c1-12-8-10-15(11-9-12)19(18)13(2)16(17)14-6-4-3-5-7-14/h3-11,16-17H,2H2,1H3/t16-,19-/m1/s1. The molecule has 0 fully saturated rings. The molecule has 2 aromatic rings. The molecular formula is C16H16O2S. The van der Waals surface area contributed by atoms with Gasteiger partial charge in [0.2, 0.25) is 0 Å². The zero-order valence-corrected chi connectivity index (χ0v) is 11.6. The molecule has 0 unspecified atom stereocenters. The Hall–Kier alpha value is -1.71. The summed E-state index contributed by atoms with van der Waals surface area (Å²) >= 11 is 0. The second-order valence-electron chi connectivity index (χ2n) is 4.36. The molecule has 3 heteroatoms. The Morgan fingerprint density at radius 2 is 1.68 bits per heavy atom. The van der Waals surface area contributed by atoms with Crippen LogP contribution in [0.1, 0.15) is 17.2 Å². The largest absolute Gasteiger partial charge is 0.383 e. The number of hydrogen-bond acceptors (Lipinski definition) is 2. The summed E-state index contributed by atoms with van der Waals surface area (Å²) in [6.07, 6.45) is -0.914. The molecule has 0 spiro atoms. The molecule has 0 saturated carbocycles. The Morgan fingerprint density at radius 1 is 1.11 bits per heavy atom. The van der Waals surface area contributed by atoms with Crippen LogP contribution in [0.15, 0.2) is 71.0 Å². The van der Waals surface area contributed by atoms with Gasteiger partial charge in [-0.15, -0.1) is 0 Å². The van der Waals surface area contributed by atoms with Crippen LogP contribution in [0.5, 0.6) is 0 Å². The van der Waals surface area contributed by atoms with E-state index in [9.17, 15) is 9.32 Å². The molecule has 1 N–H and O–H groups in total. The van der Waals surface area contributed by atoms with E-state index in [1.165, 1.54) is 0 Å². The van der Waals surface area contributed by atoms with E-state index in [0.29, 0.717) is 15.4 Å². The molecular weight excluding hydrogens is 256 g/mol. The van der Waals surface area contributed by atoms with Gasteiger partial charge in [0, 0.05) is 9.80 Å². The van der Waals surface area contributed by atoms with Gasteiger partial charge in [0.15, 0.2) is 0 Å². The topological polar surface area (TPSA) is 37.3 Å². The average molecular weight is 272 g/mol. The smallest absolute Gasteiger partial charge is 0.112 e. The summed E-state index contributed by atoms with van der Waals surface area (Å²) in [6.45, 7) is 5.75. The fourth-order valence-electron chi connectivity index (χ4n) is 1.74. The number of aryl methyl sites for hydroxylation is 1. The molecule has 98 valence electrons. The number of benzene rings is 2. The van der Waals surface area contributed by atoms with Gasteiger partial charge in [0.1, 0.15) is 6.10 Å². The molecule has 0 saturated heterocycles. The molecule has 2 rings (SSSR count). The van der Waals surface area contributed by atoms with Gasteiger partial charge < -0.3 is 5.11 Å². The van der Waals surface area contributed by atoms with E-state index < -0.39 is 16.9 Å². The number of hydrogen-bond donors (Lipinski definition) is 1. The maximum Gasteiger partial charge on any atom is 0.112 e. The number of aliphatic hydroxyl groups is 1. The molecule has 0 aliphatic carbocycles. The molecule has 2 nitrogen and oxygen atoms in total. The van der Waals surface area contributed by atoms with Crippen molar-refractivity contribution in [2.24, 2.45) is 0 Å². The highest BCUT2D eigenvalue weighted by Crippen LogP contribution is 2.26. The number of rotatable bonds is 4. The van der Waals surface area contributed by atoms with Crippen LogP contribution in [-0.2, 0) is 10.8 Å². The van der Waals surface area contributed by atoms with Gasteiger partial charge in [-0.1, -0.05) is 54.6 Å². The normalized spacial score (nSPS) is 13.8. The van der Waals surface area contributed by atoms with Gasteiger partial charge in [-0.3, -0.25) is 0 Å². The predicted octanol–water partition coefficient (Wildman–Crippen LogP) is 3.35. The van der Waals surface area contributed by atoms with Crippen LogP contribution in [0.25, 0.3) is 0 Å². The van der Waals surface area contributed by atoms with Crippen LogP contribution >= 0.6 is 0 Å². The maximum absolute atomic E-state index is 12.3.